The average molecular weight is 742 g/mol. The molecule has 0 bridgehead atoms. The third kappa shape index (κ3) is 13.8. The van der Waals surface area contributed by atoms with E-state index in [1.807, 2.05) is 18.7 Å². The average Bonchev–Trinajstić information content (AvgIpc) is 3.10. The molecule has 3 fully saturated rings. The molecular formula is C38H71N5O7S. The van der Waals surface area contributed by atoms with Gasteiger partial charge in [0.05, 0.1) is 23.5 Å². The molecule has 4 N–H and O–H groups in total. The van der Waals surface area contributed by atoms with Crippen LogP contribution < -0.4 is 10.7 Å². The van der Waals surface area contributed by atoms with Gasteiger partial charge in [-0.2, -0.15) is 0 Å². The first kappa shape index (κ1) is 43.6. The van der Waals surface area contributed by atoms with Gasteiger partial charge in [0.1, 0.15) is 0 Å². The predicted molar refractivity (Wildman–Crippen MR) is 201 cm³/mol. The molecule has 0 aromatic carbocycles. The summed E-state index contributed by atoms with van der Waals surface area (Å²) in [7, 11) is -0.764. The van der Waals surface area contributed by atoms with Crippen molar-refractivity contribution in [3.8, 4) is 0 Å². The lowest BCUT2D eigenvalue weighted by Gasteiger charge is -2.38. The SMILES string of the molecule is CCCCN(CC(O)C(CC1CCC(O)CC1)NC(=O)C1CC(C(=O)N(CCC)CCC)CC(S(=O)(=O)N(C)C)C1)NC(=O)CC1CCCCC1. The third-order valence-electron chi connectivity index (χ3n) is 11.5. The molecule has 3 aliphatic carbocycles. The second kappa shape index (κ2) is 21.8. The Morgan fingerprint density at radius 3 is 2.02 bits per heavy atom. The van der Waals surface area contributed by atoms with Crippen LogP contribution in [0.2, 0.25) is 0 Å². The highest BCUT2D eigenvalue weighted by molar-refractivity contribution is 7.89. The van der Waals surface area contributed by atoms with Crippen LogP contribution in [0.4, 0.5) is 0 Å². The maximum absolute atomic E-state index is 14.2. The van der Waals surface area contributed by atoms with Crippen molar-refractivity contribution in [2.45, 2.75) is 160 Å². The summed E-state index contributed by atoms with van der Waals surface area (Å²) in [5, 5.41) is 26.0. The summed E-state index contributed by atoms with van der Waals surface area (Å²) in [6.45, 7) is 7.98. The predicted octanol–water partition coefficient (Wildman–Crippen LogP) is 4.20. The molecule has 296 valence electrons. The Bertz CT molecular complexity index is 1170. The van der Waals surface area contributed by atoms with E-state index in [4.69, 9.17) is 0 Å². The van der Waals surface area contributed by atoms with E-state index in [0.717, 1.165) is 64.2 Å². The number of carbonyl (C=O) groups is 3. The van der Waals surface area contributed by atoms with Crippen molar-refractivity contribution in [1.29, 1.82) is 0 Å². The lowest BCUT2D eigenvalue weighted by molar-refractivity contribution is -0.138. The standard InChI is InChI=1S/C38H71N5O7S/c1-6-9-21-43(40-36(46)23-28-13-11-10-12-14-28)27-35(45)34(22-29-15-17-32(44)18-16-29)39-37(47)30-24-31(38(48)42(19-7-2)20-8-3)26-33(25-30)51(49,50)41(4)5/h28-35,44-45H,6-27H2,1-5H3,(H,39,47)(H,40,46). The van der Waals surface area contributed by atoms with Crippen LogP contribution in [0.15, 0.2) is 0 Å². The Morgan fingerprint density at radius 1 is 0.804 bits per heavy atom. The van der Waals surface area contributed by atoms with Crippen molar-refractivity contribution >= 4 is 27.7 Å². The summed E-state index contributed by atoms with van der Waals surface area (Å²) in [6.07, 6.45) is 12.1. The molecular weight excluding hydrogens is 671 g/mol. The van der Waals surface area contributed by atoms with Gasteiger partial charge in [-0.15, -0.1) is 0 Å². The number of sulfonamides is 1. The summed E-state index contributed by atoms with van der Waals surface area (Å²) in [5.41, 5.74) is 3.07. The van der Waals surface area contributed by atoms with Gasteiger partial charge in [0.25, 0.3) is 0 Å². The molecule has 0 radical (unpaired) electrons. The Kier molecular flexibility index (Phi) is 18.6. The van der Waals surface area contributed by atoms with Crippen LogP contribution in [0.5, 0.6) is 0 Å². The second-order valence-electron chi connectivity index (χ2n) is 16.0. The first-order valence-electron chi connectivity index (χ1n) is 20.2. The molecule has 3 rings (SSSR count). The van der Waals surface area contributed by atoms with Crippen molar-refractivity contribution in [1.82, 2.24) is 25.0 Å². The molecule has 13 heteroatoms. The highest BCUT2D eigenvalue weighted by Crippen LogP contribution is 2.36. The lowest BCUT2D eigenvalue weighted by atomic mass is 9.79. The molecule has 12 nitrogen and oxygen atoms in total. The van der Waals surface area contributed by atoms with Crippen LogP contribution in [-0.2, 0) is 24.4 Å². The number of hydrazine groups is 1. The van der Waals surface area contributed by atoms with Crippen molar-refractivity contribution in [3.05, 3.63) is 0 Å². The fourth-order valence-corrected chi connectivity index (χ4v) is 10.0. The van der Waals surface area contributed by atoms with Gasteiger partial charge in [0, 0.05) is 58.5 Å². The maximum Gasteiger partial charge on any atom is 0.234 e. The van der Waals surface area contributed by atoms with E-state index in [1.165, 1.54) is 24.8 Å². The first-order chi connectivity index (χ1) is 24.3. The summed E-state index contributed by atoms with van der Waals surface area (Å²) in [4.78, 5) is 43.0. The van der Waals surface area contributed by atoms with E-state index >= 15 is 0 Å². The minimum absolute atomic E-state index is 0.0432. The Hall–Kier alpha value is -1.80. The molecule has 0 heterocycles. The molecule has 5 atom stereocenters. The first-order valence-corrected chi connectivity index (χ1v) is 21.7. The quantitative estimate of drug-likeness (QED) is 0.135. The van der Waals surface area contributed by atoms with E-state index in [2.05, 4.69) is 17.7 Å². The van der Waals surface area contributed by atoms with Crippen LogP contribution >= 0.6 is 0 Å². The summed E-state index contributed by atoms with van der Waals surface area (Å²) in [6, 6.07) is -0.645. The molecule has 0 aromatic rings. The van der Waals surface area contributed by atoms with Crippen molar-refractivity contribution < 1.29 is 33.0 Å². The van der Waals surface area contributed by atoms with Gasteiger partial charge in [-0.1, -0.05) is 46.5 Å². The van der Waals surface area contributed by atoms with Crippen LogP contribution in [0.3, 0.4) is 0 Å². The van der Waals surface area contributed by atoms with Crippen molar-refractivity contribution in [2.24, 2.45) is 23.7 Å². The number of aliphatic hydroxyl groups is 2. The monoisotopic (exact) mass is 742 g/mol. The topological polar surface area (TPSA) is 160 Å². The molecule has 0 aromatic heterocycles. The van der Waals surface area contributed by atoms with Gasteiger partial charge >= 0.3 is 0 Å². The van der Waals surface area contributed by atoms with Crippen LogP contribution in [0.1, 0.15) is 136 Å². The molecule has 3 aliphatic rings. The zero-order valence-electron chi connectivity index (χ0n) is 32.4. The van der Waals surface area contributed by atoms with Gasteiger partial charge in [0.2, 0.25) is 27.7 Å². The van der Waals surface area contributed by atoms with Gasteiger partial charge in [0.15, 0.2) is 0 Å². The van der Waals surface area contributed by atoms with E-state index < -0.39 is 39.3 Å². The molecule has 5 unspecified atom stereocenters. The lowest BCUT2D eigenvalue weighted by Crippen LogP contribution is -2.55. The number of unbranched alkanes of at least 4 members (excludes halogenated alkanes) is 1. The molecule has 51 heavy (non-hydrogen) atoms. The van der Waals surface area contributed by atoms with E-state index in [9.17, 15) is 33.0 Å². The number of hydrogen-bond donors (Lipinski definition) is 4. The normalized spacial score (nSPS) is 26.1. The van der Waals surface area contributed by atoms with Crippen molar-refractivity contribution in [2.75, 3.05) is 40.3 Å². The Balaban J connectivity index is 1.82. The number of nitrogens with one attached hydrogen (secondary N) is 2. The number of aliphatic hydroxyl groups excluding tert-OH is 2. The Morgan fingerprint density at radius 2 is 1.43 bits per heavy atom. The van der Waals surface area contributed by atoms with Crippen molar-refractivity contribution in [3.63, 3.8) is 0 Å². The van der Waals surface area contributed by atoms with E-state index in [-0.39, 0.29) is 55.6 Å². The number of carbonyl (C=O) groups excluding carboxylic acids is 3. The zero-order chi connectivity index (χ0) is 37.6. The maximum atomic E-state index is 14.2. The molecule has 0 spiro atoms. The van der Waals surface area contributed by atoms with Crippen LogP contribution in [0.25, 0.3) is 0 Å². The van der Waals surface area contributed by atoms with Gasteiger partial charge in [-0.3, -0.25) is 19.8 Å². The number of nitrogens with zero attached hydrogens (tertiary/aromatic N) is 3. The van der Waals surface area contributed by atoms with Crippen LogP contribution in [0, 0.1) is 23.7 Å². The second-order valence-corrected chi connectivity index (χ2v) is 18.4. The third-order valence-corrected chi connectivity index (χ3v) is 13.7. The largest absolute Gasteiger partial charge is 0.393 e. The summed E-state index contributed by atoms with van der Waals surface area (Å²) >= 11 is 0. The summed E-state index contributed by atoms with van der Waals surface area (Å²) in [5.74, 6) is -1.22. The molecule has 0 saturated heterocycles. The van der Waals surface area contributed by atoms with Gasteiger partial charge in [-0.25, -0.2) is 17.7 Å². The highest BCUT2D eigenvalue weighted by Gasteiger charge is 2.44. The fourth-order valence-electron chi connectivity index (χ4n) is 8.48. The number of amides is 3. The molecule has 3 amide bonds. The van der Waals surface area contributed by atoms with Gasteiger partial charge in [-0.05, 0) is 95.3 Å². The van der Waals surface area contributed by atoms with E-state index in [0.29, 0.717) is 51.2 Å². The molecule has 3 saturated carbocycles. The van der Waals surface area contributed by atoms with Crippen LogP contribution in [-0.4, -0.2) is 114 Å². The minimum atomic E-state index is -3.74. The number of hydrogen-bond acceptors (Lipinski definition) is 8. The zero-order valence-corrected chi connectivity index (χ0v) is 33.2. The summed E-state index contributed by atoms with van der Waals surface area (Å²) < 4.78 is 28.1. The number of rotatable bonds is 20. The van der Waals surface area contributed by atoms with E-state index in [1.54, 1.807) is 5.01 Å². The highest BCUT2D eigenvalue weighted by atomic mass is 32.2. The Labute approximate surface area is 308 Å². The fraction of sp³-hybridized carbons (Fsp3) is 0.921. The van der Waals surface area contributed by atoms with Gasteiger partial charge < -0.3 is 20.4 Å². The minimum Gasteiger partial charge on any atom is -0.393 e. The smallest absolute Gasteiger partial charge is 0.234 e. The molecule has 0 aliphatic heterocycles.